The van der Waals surface area contributed by atoms with Crippen molar-refractivity contribution in [1.82, 2.24) is 4.90 Å². The van der Waals surface area contributed by atoms with E-state index < -0.39 is 0 Å². The van der Waals surface area contributed by atoms with Gasteiger partial charge >= 0.3 is 0 Å². The van der Waals surface area contributed by atoms with Crippen molar-refractivity contribution in [3.05, 3.63) is 11.9 Å². The van der Waals surface area contributed by atoms with Gasteiger partial charge in [0.15, 0.2) is 6.29 Å². The maximum Gasteiger partial charge on any atom is 0.167 e. The van der Waals surface area contributed by atoms with Gasteiger partial charge in [0.05, 0.1) is 5.70 Å². The summed E-state index contributed by atoms with van der Waals surface area (Å²) in [6.07, 6.45) is 2.16. The van der Waals surface area contributed by atoms with Crippen molar-refractivity contribution in [3.8, 4) is 0 Å². The number of rotatable bonds is 2. The van der Waals surface area contributed by atoms with Gasteiger partial charge in [-0.3, -0.25) is 4.79 Å². The first-order chi connectivity index (χ1) is 3.66. The SMILES string of the molecule is CN(C)C=C(N)C=O. The first-order valence-electron chi connectivity index (χ1n) is 2.25. The van der Waals surface area contributed by atoms with Crippen LogP contribution in [0, 0.1) is 0 Å². The largest absolute Gasteiger partial charge is 0.395 e. The summed E-state index contributed by atoms with van der Waals surface area (Å²) in [5.41, 5.74) is 5.37. The third kappa shape index (κ3) is 3.21. The molecule has 0 atom stereocenters. The Morgan fingerprint density at radius 3 is 2.25 bits per heavy atom. The van der Waals surface area contributed by atoms with Crippen molar-refractivity contribution in [1.29, 1.82) is 0 Å². The van der Waals surface area contributed by atoms with Crippen LogP contribution in [0.5, 0.6) is 0 Å². The summed E-state index contributed by atoms with van der Waals surface area (Å²) in [6.45, 7) is 0. The van der Waals surface area contributed by atoms with Crippen molar-refractivity contribution in [2.24, 2.45) is 5.73 Å². The van der Waals surface area contributed by atoms with E-state index in [1.54, 1.807) is 25.2 Å². The third-order valence-electron chi connectivity index (χ3n) is 0.543. The minimum absolute atomic E-state index is 0.245. The molecule has 0 heterocycles. The van der Waals surface area contributed by atoms with Crippen molar-refractivity contribution in [2.75, 3.05) is 14.1 Å². The Morgan fingerprint density at radius 2 is 2.12 bits per heavy atom. The van der Waals surface area contributed by atoms with Crippen LogP contribution in [-0.2, 0) is 4.79 Å². The molecule has 46 valence electrons. The molecule has 0 aromatic heterocycles. The molecule has 8 heavy (non-hydrogen) atoms. The van der Waals surface area contributed by atoms with Gasteiger partial charge in [0, 0.05) is 20.3 Å². The smallest absolute Gasteiger partial charge is 0.167 e. The van der Waals surface area contributed by atoms with Gasteiger partial charge in [0.1, 0.15) is 0 Å². The maximum absolute atomic E-state index is 9.82. The highest BCUT2D eigenvalue weighted by Gasteiger charge is 1.82. The molecule has 0 aromatic carbocycles. The van der Waals surface area contributed by atoms with E-state index >= 15 is 0 Å². The molecule has 3 nitrogen and oxygen atoms in total. The topological polar surface area (TPSA) is 46.3 Å². The third-order valence-corrected chi connectivity index (χ3v) is 0.543. The van der Waals surface area contributed by atoms with E-state index in [4.69, 9.17) is 5.73 Å². The fourth-order valence-corrected chi connectivity index (χ4v) is 0.329. The monoisotopic (exact) mass is 114 g/mol. The number of carbonyl (C=O) groups excluding carboxylic acids is 1. The Hall–Kier alpha value is -0.990. The number of allylic oxidation sites excluding steroid dienone is 1. The van der Waals surface area contributed by atoms with Crippen LogP contribution in [-0.4, -0.2) is 25.3 Å². The predicted octanol–water partition coefficient (Wildman–Crippen LogP) is -0.453. The molecule has 0 saturated carbocycles. The summed E-state index contributed by atoms with van der Waals surface area (Å²) < 4.78 is 0. The van der Waals surface area contributed by atoms with Gasteiger partial charge < -0.3 is 10.6 Å². The van der Waals surface area contributed by atoms with E-state index in [1.165, 1.54) is 0 Å². The number of nitrogens with two attached hydrogens (primary N) is 1. The van der Waals surface area contributed by atoms with Gasteiger partial charge in [-0.2, -0.15) is 0 Å². The molecule has 0 saturated heterocycles. The van der Waals surface area contributed by atoms with Gasteiger partial charge in [-0.25, -0.2) is 0 Å². The van der Waals surface area contributed by atoms with Gasteiger partial charge in [-0.05, 0) is 0 Å². The van der Waals surface area contributed by atoms with Crippen LogP contribution in [0.2, 0.25) is 0 Å². The second kappa shape index (κ2) is 3.07. The fraction of sp³-hybridized carbons (Fsp3) is 0.400. The van der Waals surface area contributed by atoms with Crippen LogP contribution in [0.15, 0.2) is 11.9 Å². The summed E-state index contributed by atoms with van der Waals surface area (Å²) in [5.74, 6) is 0. The molecular formula is C5H10N2O. The minimum Gasteiger partial charge on any atom is -0.395 e. The van der Waals surface area contributed by atoms with Crippen LogP contribution in [0.1, 0.15) is 0 Å². The average molecular weight is 114 g/mol. The molecule has 0 bridgehead atoms. The second-order valence-corrected chi connectivity index (χ2v) is 1.71. The van der Waals surface area contributed by atoms with Gasteiger partial charge in [0.25, 0.3) is 0 Å². The number of aldehydes is 1. The maximum atomic E-state index is 9.82. The van der Waals surface area contributed by atoms with Gasteiger partial charge in [0.2, 0.25) is 0 Å². The van der Waals surface area contributed by atoms with E-state index in [0.717, 1.165) is 0 Å². The van der Waals surface area contributed by atoms with Crippen molar-refractivity contribution >= 4 is 6.29 Å². The molecule has 2 N–H and O–H groups in total. The summed E-state index contributed by atoms with van der Waals surface area (Å²) >= 11 is 0. The molecule has 0 spiro atoms. The van der Waals surface area contributed by atoms with Crippen molar-refractivity contribution in [3.63, 3.8) is 0 Å². The van der Waals surface area contributed by atoms with Gasteiger partial charge in [-0.1, -0.05) is 0 Å². The first kappa shape index (κ1) is 7.01. The molecule has 0 aliphatic heterocycles. The first-order valence-corrected chi connectivity index (χ1v) is 2.25. The average Bonchev–Trinajstić information content (AvgIpc) is 1.65. The zero-order chi connectivity index (χ0) is 6.57. The quantitative estimate of drug-likeness (QED) is 0.390. The summed E-state index contributed by atoms with van der Waals surface area (Å²) in [5, 5.41) is 0. The lowest BCUT2D eigenvalue weighted by atomic mass is 10.5. The normalized spacial score (nSPS) is 11.0. The van der Waals surface area contributed by atoms with E-state index in [0.29, 0.717) is 6.29 Å². The highest BCUT2D eigenvalue weighted by molar-refractivity contribution is 5.71. The molecular weight excluding hydrogens is 104 g/mol. The van der Waals surface area contributed by atoms with Crippen LogP contribution in [0.3, 0.4) is 0 Å². The number of hydrogen-bond acceptors (Lipinski definition) is 3. The molecule has 0 unspecified atom stereocenters. The van der Waals surface area contributed by atoms with E-state index in [1.807, 2.05) is 0 Å². The van der Waals surface area contributed by atoms with Crippen molar-refractivity contribution in [2.45, 2.75) is 0 Å². The van der Waals surface area contributed by atoms with Crippen LogP contribution in [0.4, 0.5) is 0 Å². The second-order valence-electron chi connectivity index (χ2n) is 1.71. The lowest BCUT2D eigenvalue weighted by Crippen LogP contribution is -2.08. The minimum atomic E-state index is 0.245. The number of nitrogens with zero attached hydrogens (tertiary/aromatic N) is 1. The zero-order valence-corrected chi connectivity index (χ0v) is 5.09. The predicted molar refractivity (Wildman–Crippen MR) is 32.0 cm³/mol. The molecule has 0 fully saturated rings. The molecule has 0 aromatic rings. The van der Waals surface area contributed by atoms with Crippen molar-refractivity contribution < 1.29 is 4.79 Å². The molecule has 0 aliphatic carbocycles. The zero-order valence-electron chi connectivity index (χ0n) is 5.09. The van der Waals surface area contributed by atoms with Crippen LogP contribution in [0.25, 0.3) is 0 Å². The Kier molecular flexibility index (Phi) is 2.69. The Labute approximate surface area is 48.8 Å². The summed E-state index contributed by atoms with van der Waals surface area (Å²) in [7, 11) is 3.60. The molecule has 0 radical (unpaired) electrons. The standard InChI is InChI=1S/C5H10N2O/c1-7(2)3-5(6)4-8/h3-4H,6H2,1-2H3. The van der Waals surface area contributed by atoms with Gasteiger partial charge in [-0.15, -0.1) is 0 Å². The Balaban J connectivity index is 3.74. The van der Waals surface area contributed by atoms with E-state index in [-0.39, 0.29) is 5.70 Å². The Morgan fingerprint density at radius 1 is 1.62 bits per heavy atom. The highest BCUT2D eigenvalue weighted by atomic mass is 16.1. The molecule has 0 rings (SSSR count). The van der Waals surface area contributed by atoms with Crippen LogP contribution >= 0.6 is 0 Å². The highest BCUT2D eigenvalue weighted by Crippen LogP contribution is 1.78. The molecule has 0 aliphatic rings. The van der Waals surface area contributed by atoms with E-state index in [9.17, 15) is 4.79 Å². The number of carbonyl (C=O) groups is 1. The fourth-order valence-electron chi connectivity index (χ4n) is 0.329. The Bertz CT molecular complexity index is 107. The van der Waals surface area contributed by atoms with Crippen LogP contribution < -0.4 is 5.73 Å². The molecule has 0 amide bonds. The van der Waals surface area contributed by atoms with E-state index in [2.05, 4.69) is 0 Å². The lowest BCUT2D eigenvalue weighted by molar-refractivity contribution is -0.105. The summed E-state index contributed by atoms with van der Waals surface area (Å²) in [4.78, 5) is 11.5. The molecule has 3 heteroatoms. The number of hydrogen-bond donors (Lipinski definition) is 1. The lowest BCUT2D eigenvalue weighted by Gasteiger charge is -2.02. The summed E-state index contributed by atoms with van der Waals surface area (Å²) in [6, 6.07) is 0.